The summed E-state index contributed by atoms with van der Waals surface area (Å²) in [4.78, 5) is 11.5. The van der Waals surface area contributed by atoms with Gasteiger partial charge in [0.25, 0.3) is 0 Å². The van der Waals surface area contributed by atoms with Crippen LogP contribution in [0.3, 0.4) is 0 Å². The number of nitrogens with two attached hydrogens (primary N) is 1. The molecule has 24 heavy (non-hydrogen) atoms. The highest BCUT2D eigenvalue weighted by Gasteiger charge is 2.33. The van der Waals surface area contributed by atoms with Crippen LogP contribution in [0, 0.1) is 11.3 Å². The average molecular weight is 342 g/mol. The van der Waals surface area contributed by atoms with Crippen LogP contribution in [0.4, 0.5) is 0 Å². The molecular formula is C21H43NO2. The highest BCUT2D eigenvalue weighted by atomic mass is 16.3. The lowest BCUT2D eigenvalue weighted by Crippen LogP contribution is -2.39. The van der Waals surface area contributed by atoms with Gasteiger partial charge in [0.15, 0.2) is 0 Å². The third-order valence-corrected chi connectivity index (χ3v) is 5.44. The van der Waals surface area contributed by atoms with Gasteiger partial charge in [0.2, 0.25) is 5.91 Å². The molecule has 1 unspecified atom stereocenters. The molecule has 144 valence electrons. The van der Waals surface area contributed by atoms with Crippen LogP contribution in [0.2, 0.25) is 0 Å². The maximum absolute atomic E-state index is 11.5. The summed E-state index contributed by atoms with van der Waals surface area (Å²) < 4.78 is 0. The number of carbonyl (C=O) groups excluding carboxylic acids is 1. The highest BCUT2D eigenvalue weighted by molar-refractivity contribution is 5.80. The van der Waals surface area contributed by atoms with E-state index in [0.29, 0.717) is 6.42 Å². The second-order valence-electron chi connectivity index (χ2n) is 7.98. The summed E-state index contributed by atoms with van der Waals surface area (Å²) in [5, 5.41) is 9.45. The Morgan fingerprint density at radius 3 is 1.62 bits per heavy atom. The largest absolute Gasteiger partial charge is 0.395 e. The van der Waals surface area contributed by atoms with Gasteiger partial charge in [-0.3, -0.25) is 4.79 Å². The Balaban J connectivity index is 3.41. The summed E-state index contributed by atoms with van der Waals surface area (Å²) in [6, 6.07) is 0. The van der Waals surface area contributed by atoms with Gasteiger partial charge in [-0.25, -0.2) is 0 Å². The Morgan fingerprint density at radius 2 is 1.29 bits per heavy atom. The summed E-state index contributed by atoms with van der Waals surface area (Å²) in [7, 11) is 0. The van der Waals surface area contributed by atoms with Gasteiger partial charge in [0, 0.05) is 0 Å². The number of primary amides is 1. The number of aliphatic hydroxyl groups excluding tert-OH is 1. The predicted molar refractivity (Wildman–Crippen MR) is 104 cm³/mol. The molecule has 0 saturated carbocycles. The van der Waals surface area contributed by atoms with Crippen molar-refractivity contribution < 1.29 is 9.90 Å². The lowest BCUT2D eigenvalue weighted by atomic mass is 9.80. The van der Waals surface area contributed by atoms with Gasteiger partial charge in [0.05, 0.1) is 12.0 Å². The van der Waals surface area contributed by atoms with E-state index >= 15 is 0 Å². The molecule has 3 N–H and O–H groups in total. The monoisotopic (exact) mass is 341 g/mol. The van der Waals surface area contributed by atoms with Crippen molar-refractivity contribution in [2.45, 2.75) is 111 Å². The van der Waals surface area contributed by atoms with Crippen LogP contribution in [0.5, 0.6) is 0 Å². The van der Waals surface area contributed by atoms with E-state index in [-0.39, 0.29) is 12.5 Å². The SMILES string of the molecule is CCC(CO)(CCCCCCCCCCCCCC(C)C)C(N)=O. The zero-order valence-electron chi connectivity index (χ0n) is 16.6. The smallest absolute Gasteiger partial charge is 0.225 e. The Morgan fingerprint density at radius 1 is 0.875 bits per heavy atom. The maximum atomic E-state index is 11.5. The summed E-state index contributed by atoms with van der Waals surface area (Å²) in [6.07, 6.45) is 17.1. The molecule has 3 heteroatoms. The molecule has 0 aliphatic heterocycles. The summed E-state index contributed by atoms with van der Waals surface area (Å²) >= 11 is 0. The van der Waals surface area contributed by atoms with E-state index < -0.39 is 5.41 Å². The van der Waals surface area contributed by atoms with Crippen molar-refractivity contribution >= 4 is 5.91 Å². The Kier molecular flexibility index (Phi) is 14.4. The van der Waals surface area contributed by atoms with Crippen molar-refractivity contribution in [3.8, 4) is 0 Å². The number of rotatable bonds is 17. The molecule has 0 fully saturated rings. The second kappa shape index (κ2) is 14.7. The summed E-state index contributed by atoms with van der Waals surface area (Å²) in [5.74, 6) is 0.508. The molecule has 0 rings (SSSR count). The molecule has 0 aliphatic rings. The van der Waals surface area contributed by atoms with Gasteiger partial charge >= 0.3 is 0 Å². The number of amides is 1. The molecule has 0 aromatic carbocycles. The van der Waals surface area contributed by atoms with E-state index in [1.165, 1.54) is 64.2 Å². The van der Waals surface area contributed by atoms with Gasteiger partial charge in [-0.1, -0.05) is 97.8 Å². The first-order valence-corrected chi connectivity index (χ1v) is 10.4. The molecule has 3 nitrogen and oxygen atoms in total. The predicted octanol–water partition coefficient (Wildman–Crippen LogP) is 5.59. The average Bonchev–Trinajstić information content (AvgIpc) is 2.55. The van der Waals surface area contributed by atoms with Crippen LogP contribution in [0.1, 0.15) is 111 Å². The van der Waals surface area contributed by atoms with Gasteiger partial charge in [-0.15, -0.1) is 0 Å². The first-order chi connectivity index (χ1) is 11.5. The minimum Gasteiger partial charge on any atom is -0.395 e. The first kappa shape index (κ1) is 23.4. The van der Waals surface area contributed by atoms with E-state index in [2.05, 4.69) is 13.8 Å². The second-order valence-corrected chi connectivity index (χ2v) is 7.98. The Labute approximate surface area is 150 Å². The van der Waals surface area contributed by atoms with Gasteiger partial charge in [-0.05, 0) is 18.8 Å². The molecule has 0 radical (unpaired) electrons. The Bertz CT molecular complexity index is 298. The molecular weight excluding hydrogens is 298 g/mol. The van der Waals surface area contributed by atoms with Crippen molar-refractivity contribution in [3.63, 3.8) is 0 Å². The summed E-state index contributed by atoms with van der Waals surface area (Å²) in [6.45, 7) is 6.43. The normalized spacial score (nSPS) is 14.0. The van der Waals surface area contributed by atoms with Crippen molar-refractivity contribution in [3.05, 3.63) is 0 Å². The molecule has 1 amide bonds. The fourth-order valence-corrected chi connectivity index (χ4v) is 3.35. The standard InChI is InChI=1S/C21H43NO2/c1-4-21(18-23,20(22)24)17-15-13-11-9-7-5-6-8-10-12-14-16-19(2)3/h19,23H,4-18H2,1-3H3,(H2,22,24). The minimum absolute atomic E-state index is 0.115. The Hall–Kier alpha value is -0.570. The maximum Gasteiger partial charge on any atom is 0.225 e. The van der Waals surface area contributed by atoms with Crippen LogP contribution in [0.15, 0.2) is 0 Å². The van der Waals surface area contributed by atoms with Crippen LogP contribution >= 0.6 is 0 Å². The minimum atomic E-state index is -0.685. The number of hydrogen-bond acceptors (Lipinski definition) is 2. The number of unbranched alkanes of at least 4 members (excludes halogenated alkanes) is 10. The quantitative estimate of drug-likeness (QED) is 0.339. The van der Waals surface area contributed by atoms with Gasteiger partial charge in [-0.2, -0.15) is 0 Å². The van der Waals surface area contributed by atoms with Gasteiger partial charge < -0.3 is 10.8 Å². The van der Waals surface area contributed by atoms with E-state index in [1.54, 1.807) is 0 Å². The van der Waals surface area contributed by atoms with Crippen LogP contribution in [-0.2, 0) is 4.79 Å². The van der Waals surface area contributed by atoms with E-state index in [1.807, 2.05) is 6.92 Å². The molecule has 0 spiro atoms. The zero-order chi connectivity index (χ0) is 18.3. The van der Waals surface area contributed by atoms with E-state index in [4.69, 9.17) is 5.73 Å². The third-order valence-electron chi connectivity index (χ3n) is 5.44. The molecule has 0 bridgehead atoms. The number of hydrogen-bond donors (Lipinski definition) is 2. The van der Waals surface area contributed by atoms with Crippen molar-refractivity contribution in [1.82, 2.24) is 0 Å². The first-order valence-electron chi connectivity index (χ1n) is 10.4. The lowest BCUT2D eigenvalue weighted by Gasteiger charge is -2.26. The number of aliphatic hydroxyl groups is 1. The van der Waals surface area contributed by atoms with Crippen molar-refractivity contribution in [1.29, 1.82) is 0 Å². The topological polar surface area (TPSA) is 63.3 Å². The van der Waals surface area contributed by atoms with Crippen LogP contribution in [-0.4, -0.2) is 17.6 Å². The zero-order valence-corrected chi connectivity index (χ0v) is 16.6. The molecule has 1 atom stereocenters. The van der Waals surface area contributed by atoms with Gasteiger partial charge in [0.1, 0.15) is 0 Å². The van der Waals surface area contributed by atoms with Crippen LogP contribution in [0.25, 0.3) is 0 Å². The lowest BCUT2D eigenvalue weighted by molar-refractivity contribution is -0.130. The fraction of sp³-hybridized carbons (Fsp3) is 0.952. The highest BCUT2D eigenvalue weighted by Crippen LogP contribution is 2.28. The number of carbonyl (C=O) groups is 1. The molecule has 0 aromatic rings. The third kappa shape index (κ3) is 11.1. The van der Waals surface area contributed by atoms with Crippen molar-refractivity contribution in [2.75, 3.05) is 6.61 Å². The molecule has 0 aromatic heterocycles. The van der Waals surface area contributed by atoms with Crippen molar-refractivity contribution in [2.24, 2.45) is 17.1 Å². The molecule has 0 heterocycles. The summed E-state index contributed by atoms with van der Waals surface area (Å²) in [5.41, 5.74) is 4.76. The van der Waals surface area contributed by atoms with E-state index in [0.717, 1.165) is 25.2 Å². The van der Waals surface area contributed by atoms with Crippen LogP contribution < -0.4 is 5.73 Å². The molecule has 0 aliphatic carbocycles. The molecule has 0 saturated heterocycles. The fourth-order valence-electron chi connectivity index (χ4n) is 3.35. The van der Waals surface area contributed by atoms with E-state index in [9.17, 15) is 9.90 Å².